The Kier molecular flexibility index (Phi) is 4.49. The maximum atomic E-state index is 12.0. The number of hydrogen-bond donors (Lipinski definition) is 4. The van der Waals surface area contributed by atoms with E-state index in [0.29, 0.717) is 11.4 Å². The molecule has 0 bridgehead atoms. The quantitative estimate of drug-likeness (QED) is 0.635. The van der Waals surface area contributed by atoms with Crippen LogP contribution in [0.15, 0.2) is 23.1 Å². The molecule has 1 aliphatic rings. The van der Waals surface area contributed by atoms with Gasteiger partial charge in [0.25, 0.3) is 5.91 Å². The Morgan fingerprint density at radius 2 is 2.14 bits per heavy atom. The number of fused-ring (bicyclic) bond motifs is 1. The number of carbonyl (C=O) groups excluding carboxylic acids is 2. The van der Waals surface area contributed by atoms with Gasteiger partial charge in [-0.1, -0.05) is 0 Å². The van der Waals surface area contributed by atoms with Crippen LogP contribution in [-0.4, -0.2) is 45.9 Å². The van der Waals surface area contributed by atoms with Gasteiger partial charge >= 0.3 is 5.97 Å². The molecule has 1 aromatic carbocycles. The average molecular weight is 310 g/mol. The summed E-state index contributed by atoms with van der Waals surface area (Å²) in [4.78, 5) is 35.1. The van der Waals surface area contributed by atoms with Crippen LogP contribution in [0.1, 0.15) is 17.3 Å². The van der Waals surface area contributed by atoms with Gasteiger partial charge in [-0.2, -0.15) is 0 Å². The number of rotatable bonds is 4. The van der Waals surface area contributed by atoms with Gasteiger partial charge in [0, 0.05) is 10.5 Å². The molecule has 8 heteroatoms. The maximum absolute atomic E-state index is 12.0. The molecule has 2 amide bonds. The van der Waals surface area contributed by atoms with Gasteiger partial charge in [0.1, 0.15) is 0 Å². The van der Waals surface area contributed by atoms with E-state index in [4.69, 9.17) is 5.11 Å². The molecule has 4 N–H and O–H groups in total. The second-order valence-electron chi connectivity index (χ2n) is 4.58. The minimum absolute atomic E-state index is 0.155. The number of carbonyl (C=O) groups is 3. The highest BCUT2D eigenvalue weighted by Gasteiger charge is 2.26. The fourth-order valence-corrected chi connectivity index (χ4v) is 2.63. The van der Waals surface area contributed by atoms with Gasteiger partial charge in [-0.15, -0.1) is 11.8 Å². The van der Waals surface area contributed by atoms with Crippen molar-refractivity contribution in [2.75, 3.05) is 11.1 Å². The molecule has 7 nitrogen and oxygen atoms in total. The van der Waals surface area contributed by atoms with Crippen molar-refractivity contribution in [1.29, 1.82) is 0 Å². The Hall–Kier alpha value is -2.06. The summed E-state index contributed by atoms with van der Waals surface area (Å²) in [6, 6.07) is 3.32. The van der Waals surface area contributed by atoms with Gasteiger partial charge in [0.2, 0.25) is 5.91 Å². The van der Waals surface area contributed by atoms with Crippen LogP contribution in [0, 0.1) is 0 Å². The first-order valence-corrected chi connectivity index (χ1v) is 7.15. The fourth-order valence-electron chi connectivity index (χ4n) is 1.84. The largest absolute Gasteiger partial charge is 0.480 e. The van der Waals surface area contributed by atoms with Crippen LogP contribution in [0.3, 0.4) is 0 Å². The fraction of sp³-hybridized carbons (Fsp3) is 0.308. The van der Waals surface area contributed by atoms with E-state index in [-0.39, 0.29) is 11.5 Å². The second-order valence-corrected chi connectivity index (χ2v) is 5.59. The zero-order valence-electron chi connectivity index (χ0n) is 11.1. The summed E-state index contributed by atoms with van der Waals surface area (Å²) in [5.41, 5.74) is 0.733. The molecule has 2 rings (SSSR count). The molecule has 0 saturated carbocycles. The summed E-state index contributed by atoms with van der Waals surface area (Å²) < 4.78 is 0. The monoisotopic (exact) mass is 310 g/mol. The number of benzene rings is 1. The molecule has 0 radical (unpaired) electrons. The number of anilines is 1. The predicted octanol–water partition coefficient (Wildman–Crippen LogP) is 0.295. The Labute approximate surface area is 124 Å². The molecule has 1 aliphatic heterocycles. The Morgan fingerprint density at radius 3 is 2.76 bits per heavy atom. The van der Waals surface area contributed by atoms with Crippen molar-refractivity contribution in [2.24, 2.45) is 0 Å². The summed E-state index contributed by atoms with van der Waals surface area (Å²) in [5.74, 6) is -1.78. The van der Waals surface area contributed by atoms with E-state index >= 15 is 0 Å². The normalized spacial score (nSPS) is 16.4. The van der Waals surface area contributed by atoms with Gasteiger partial charge in [0.05, 0.1) is 17.5 Å². The van der Waals surface area contributed by atoms with Gasteiger partial charge in [-0.3, -0.25) is 9.59 Å². The first-order chi connectivity index (χ1) is 9.88. The highest BCUT2D eigenvalue weighted by molar-refractivity contribution is 8.00. The lowest BCUT2D eigenvalue weighted by atomic mass is 10.1. The molecular formula is C13H14N2O5S. The molecule has 21 heavy (non-hydrogen) atoms. The number of aliphatic hydroxyl groups excluding tert-OH is 1. The molecule has 0 spiro atoms. The smallest absolute Gasteiger partial charge is 0.328 e. The SMILES string of the molecule is C[C@@H](O)[C@H](NC(=O)c1ccc2c(c1)NC(=O)CS2)C(=O)O. The third-order valence-electron chi connectivity index (χ3n) is 2.91. The summed E-state index contributed by atoms with van der Waals surface area (Å²) >= 11 is 1.36. The molecule has 112 valence electrons. The van der Waals surface area contributed by atoms with Crippen molar-refractivity contribution in [2.45, 2.75) is 24.0 Å². The summed E-state index contributed by atoms with van der Waals surface area (Å²) in [7, 11) is 0. The van der Waals surface area contributed by atoms with Crippen molar-refractivity contribution in [3.63, 3.8) is 0 Å². The zero-order chi connectivity index (χ0) is 15.6. The van der Waals surface area contributed by atoms with Crippen LogP contribution < -0.4 is 10.6 Å². The molecule has 0 saturated heterocycles. The molecule has 2 atom stereocenters. The number of carboxylic acid groups (broad SMARTS) is 1. The van der Waals surface area contributed by atoms with E-state index in [2.05, 4.69) is 10.6 Å². The minimum Gasteiger partial charge on any atom is -0.480 e. The van der Waals surface area contributed by atoms with Gasteiger partial charge in [-0.05, 0) is 25.1 Å². The van der Waals surface area contributed by atoms with E-state index in [9.17, 15) is 19.5 Å². The number of carboxylic acids is 1. The number of aliphatic hydroxyl groups is 1. The van der Waals surface area contributed by atoms with Gasteiger partial charge < -0.3 is 20.8 Å². The molecular weight excluding hydrogens is 296 g/mol. The molecule has 0 fully saturated rings. The van der Waals surface area contributed by atoms with Crippen LogP contribution in [0.5, 0.6) is 0 Å². The van der Waals surface area contributed by atoms with E-state index < -0.39 is 24.0 Å². The van der Waals surface area contributed by atoms with Crippen molar-refractivity contribution in [3.05, 3.63) is 23.8 Å². The van der Waals surface area contributed by atoms with E-state index in [1.54, 1.807) is 12.1 Å². The van der Waals surface area contributed by atoms with Crippen LogP contribution in [0.2, 0.25) is 0 Å². The number of amides is 2. The minimum atomic E-state index is -1.39. The highest BCUT2D eigenvalue weighted by Crippen LogP contribution is 2.31. The Balaban J connectivity index is 2.18. The van der Waals surface area contributed by atoms with E-state index in [0.717, 1.165) is 4.90 Å². The molecule has 0 aromatic heterocycles. The lowest BCUT2D eigenvalue weighted by Gasteiger charge is -2.19. The number of aliphatic carboxylic acids is 1. The first-order valence-electron chi connectivity index (χ1n) is 6.17. The third kappa shape index (κ3) is 3.53. The highest BCUT2D eigenvalue weighted by atomic mass is 32.2. The van der Waals surface area contributed by atoms with Crippen molar-refractivity contribution in [1.82, 2.24) is 5.32 Å². The Bertz CT molecular complexity index is 602. The maximum Gasteiger partial charge on any atom is 0.328 e. The lowest BCUT2D eigenvalue weighted by Crippen LogP contribution is -2.47. The average Bonchev–Trinajstić information content (AvgIpc) is 2.42. The van der Waals surface area contributed by atoms with Crippen LogP contribution in [0.25, 0.3) is 0 Å². The van der Waals surface area contributed by atoms with Gasteiger partial charge in [0.15, 0.2) is 6.04 Å². The summed E-state index contributed by atoms with van der Waals surface area (Å²) in [6.07, 6.45) is -1.22. The summed E-state index contributed by atoms with van der Waals surface area (Å²) in [6.45, 7) is 1.28. The van der Waals surface area contributed by atoms with E-state index in [1.165, 1.54) is 24.8 Å². The topological polar surface area (TPSA) is 116 Å². The first kappa shape index (κ1) is 15.3. The number of thioether (sulfide) groups is 1. The summed E-state index contributed by atoms with van der Waals surface area (Å²) in [5, 5.41) is 23.2. The number of nitrogens with one attached hydrogen (secondary N) is 2. The molecule has 1 heterocycles. The third-order valence-corrected chi connectivity index (χ3v) is 3.98. The standard InChI is InChI=1S/C13H14N2O5S/c1-6(16)11(13(19)20)15-12(18)7-2-3-9-8(4-7)14-10(17)5-21-9/h2-4,6,11,16H,5H2,1H3,(H,14,17)(H,15,18)(H,19,20)/t6-,11+/m1/s1. The van der Waals surface area contributed by atoms with Crippen LogP contribution >= 0.6 is 11.8 Å². The predicted molar refractivity (Wildman–Crippen MR) is 76.4 cm³/mol. The van der Waals surface area contributed by atoms with Crippen molar-refractivity contribution >= 4 is 35.2 Å². The van der Waals surface area contributed by atoms with Crippen molar-refractivity contribution in [3.8, 4) is 0 Å². The van der Waals surface area contributed by atoms with Crippen molar-refractivity contribution < 1.29 is 24.6 Å². The van der Waals surface area contributed by atoms with E-state index in [1.807, 2.05) is 0 Å². The number of hydrogen-bond acceptors (Lipinski definition) is 5. The molecule has 1 aromatic rings. The molecule has 0 aliphatic carbocycles. The molecule has 0 unspecified atom stereocenters. The zero-order valence-corrected chi connectivity index (χ0v) is 11.9. The lowest BCUT2D eigenvalue weighted by molar-refractivity contribution is -0.141. The van der Waals surface area contributed by atoms with Crippen LogP contribution in [0.4, 0.5) is 5.69 Å². The van der Waals surface area contributed by atoms with Crippen LogP contribution in [-0.2, 0) is 9.59 Å². The second kappa shape index (κ2) is 6.15. The van der Waals surface area contributed by atoms with Gasteiger partial charge in [-0.25, -0.2) is 4.79 Å². The Morgan fingerprint density at radius 1 is 1.43 bits per heavy atom.